The summed E-state index contributed by atoms with van der Waals surface area (Å²) >= 11 is 7.67. The SMILES string of the molecule is Fc1cccc(I)c1CCCCl. The van der Waals surface area contributed by atoms with Crippen LogP contribution in [0.15, 0.2) is 18.2 Å². The minimum absolute atomic E-state index is 0.119. The van der Waals surface area contributed by atoms with Crippen molar-refractivity contribution >= 4 is 34.2 Å². The molecule has 0 aromatic heterocycles. The molecule has 1 aromatic rings. The number of rotatable bonds is 3. The van der Waals surface area contributed by atoms with Crippen molar-refractivity contribution in [1.29, 1.82) is 0 Å². The average molecular weight is 299 g/mol. The molecule has 0 aliphatic carbocycles. The van der Waals surface area contributed by atoms with Crippen LogP contribution in [-0.4, -0.2) is 5.88 Å². The smallest absolute Gasteiger partial charge is 0.127 e. The lowest BCUT2D eigenvalue weighted by Gasteiger charge is -2.03. The van der Waals surface area contributed by atoms with Gasteiger partial charge in [-0.1, -0.05) is 6.07 Å². The first-order valence-corrected chi connectivity index (χ1v) is 5.36. The van der Waals surface area contributed by atoms with Crippen LogP contribution in [0.5, 0.6) is 0 Å². The molecular weight excluding hydrogens is 289 g/mol. The van der Waals surface area contributed by atoms with Crippen molar-refractivity contribution in [2.24, 2.45) is 0 Å². The Morgan fingerprint density at radius 3 is 2.75 bits per heavy atom. The molecule has 0 N–H and O–H groups in total. The van der Waals surface area contributed by atoms with E-state index in [9.17, 15) is 4.39 Å². The van der Waals surface area contributed by atoms with Crippen molar-refractivity contribution in [3.63, 3.8) is 0 Å². The molecule has 1 aromatic carbocycles. The Morgan fingerprint density at radius 1 is 1.42 bits per heavy atom. The van der Waals surface area contributed by atoms with Crippen LogP contribution in [0, 0.1) is 9.39 Å². The summed E-state index contributed by atoms with van der Waals surface area (Å²) in [7, 11) is 0. The second-order valence-corrected chi connectivity index (χ2v) is 4.03. The lowest BCUT2D eigenvalue weighted by molar-refractivity contribution is 0.606. The standard InChI is InChI=1S/C9H9ClFI/c10-6-2-3-7-8(11)4-1-5-9(7)12/h1,4-5H,2-3,6H2. The van der Waals surface area contributed by atoms with Crippen molar-refractivity contribution in [2.45, 2.75) is 12.8 Å². The molecule has 0 nitrogen and oxygen atoms in total. The molecule has 0 heterocycles. The minimum Gasteiger partial charge on any atom is -0.207 e. The number of hydrogen-bond donors (Lipinski definition) is 0. The Hall–Kier alpha value is 0.170. The lowest BCUT2D eigenvalue weighted by Crippen LogP contribution is -1.94. The van der Waals surface area contributed by atoms with Gasteiger partial charge in [-0.25, -0.2) is 4.39 Å². The Morgan fingerprint density at radius 2 is 2.17 bits per heavy atom. The third-order valence-electron chi connectivity index (χ3n) is 1.62. The summed E-state index contributed by atoms with van der Waals surface area (Å²) in [4.78, 5) is 0. The van der Waals surface area contributed by atoms with Gasteiger partial charge in [0.25, 0.3) is 0 Å². The zero-order chi connectivity index (χ0) is 8.97. The summed E-state index contributed by atoms with van der Waals surface area (Å²) in [6.45, 7) is 0. The zero-order valence-electron chi connectivity index (χ0n) is 6.49. The lowest BCUT2D eigenvalue weighted by atomic mass is 10.1. The van der Waals surface area contributed by atoms with Crippen LogP contribution in [0.4, 0.5) is 4.39 Å². The molecule has 0 saturated carbocycles. The normalized spacial score (nSPS) is 10.2. The van der Waals surface area contributed by atoms with Crippen LogP contribution in [0.2, 0.25) is 0 Å². The molecule has 0 aliphatic heterocycles. The fourth-order valence-electron chi connectivity index (χ4n) is 1.01. The van der Waals surface area contributed by atoms with E-state index in [1.165, 1.54) is 6.07 Å². The summed E-state index contributed by atoms with van der Waals surface area (Å²) in [5, 5.41) is 0. The van der Waals surface area contributed by atoms with Crippen LogP contribution >= 0.6 is 34.2 Å². The van der Waals surface area contributed by atoms with Gasteiger partial charge in [-0.15, -0.1) is 11.6 Å². The number of hydrogen-bond acceptors (Lipinski definition) is 0. The van der Waals surface area contributed by atoms with Gasteiger partial charge in [0.1, 0.15) is 5.82 Å². The highest BCUT2D eigenvalue weighted by Crippen LogP contribution is 2.17. The molecule has 0 fully saturated rings. The van der Waals surface area contributed by atoms with Crippen molar-refractivity contribution in [3.05, 3.63) is 33.1 Å². The molecule has 0 radical (unpaired) electrons. The molecule has 0 atom stereocenters. The van der Waals surface area contributed by atoms with E-state index in [1.807, 2.05) is 6.07 Å². The summed E-state index contributed by atoms with van der Waals surface area (Å²) in [5.41, 5.74) is 0.791. The molecular formula is C9H9ClFI. The first kappa shape index (κ1) is 10.3. The first-order valence-electron chi connectivity index (χ1n) is 3.74. The van der Waals surface area contributed by atoms with E-state index in [4.69, 9.17) is 11.6 Å². The van der Waals surface area contributed by atoms with E-state index >= 15 is 0 Å². The fourth-order valence-corrected chi connectivity index (χ4v) is 1.88. The molecule has 0 aliphatic rings. The van der Waals surface area contributed by atoms with Crippen molar-refractivity contribution < 1.29 is 4.39 Å². The second-order valence-electron chi connectivity index (χ2n) is 2.49. The summed E-state index contributed by atoms with van der Waals surface area (Å²) in [5.74, 6) is 0.469. The quantitative estimate of drug-likeness (QED) is 0.591. The average Bonchev–Trinajstić information content (AvgIpc) is 2.04. The molecule has 3 heteroatoms. The van der Waals surface area contributed by atoms with E-state index in [0.29, 0.717) is 5.88 Å². The van der Waals surface area contributed by atoms with Crippen molar-refractivity contribution in [3.8, 4) is 0 Å². The molecule has 0 bridgehead atoms. The van der Waals surface area contributed by atoms with Crippen LogP contribution in [0.3, 0.4) is 0 Å². The van der Waals surface area contributed by atoms with Crippen LogP contribution in [-0.2, 0) is 6.42 Å². The van der Waals surface area contributed by atoms with E-state index in [2.05, 4.69) is 22.6 Å². The van der Waals surface area contributed by atoms with Crippen LogP contribution < -0.4 is 0 Å². The van der Waals surface area contributed by atoms with Gasteiger partial charge in [0.05, 0.1) is 0 Å². The number of alkyl halides is 1. The van der Waals surface area contributed by atoms with E-state index < -0.39 is 0 Å². The highest BCUT2D eigenvalue weighted by Gasteiger charge is 2.04. The highest BCUT2D eigenvalue weighted by molar-refractivity contribution is 14.1. The second kappa shape index (κ2) is 5.02. The Kier molecular flexibility index (Phi) is 4.29. The van der Waals surface area contributed by atoms with Crippen LogP contribution in [0.25, 0.3) is 0 Å². The van der Waals surface area contributed by atoms with Gasteiger partial charge in [-0.05, 0) is 47.6 Å². The predicted octanol–water partition coefficient (Wildman–Crippen LogP) is 3.60. The van der Waals surface area contributed by atoms with Gasteiger partial charge in [-0.3, -0.25) is 0 Å². The summed E-state index contributed by atoms with van der Waals surface area (Å²) < 4.78 is 14.1. The molecule has 0 spiro atoms. The monoisotopic (exact) mass is 298 g/mol. The van der Waals surface area contributed by atoms with Gasteiger partial charge in [-0.2, -0.15) is 0 Å². The maximum atomic E-state index is 13.1. The van der Waals surface area contributed by atoms with Gasteiger partial charge in [0, 0.05) is 15.0 Å². The topological polar surface area (TPSA) is 0 Å². The zero-order valence-corrected chi connectivity index (χ0v) is 9.40. The van der Waals surface area contributed by atoms with E-state index in [1.54, 1.807) is 6.07 Å². The predicted molar refractivity (Wildman–Crippen MR) is 58.2 cm³/mol. The van der Waals surface area contributed by atoms with Gasteiger partial charge in [0.2, 0.25) is 0 Å². The molecule has 0 amide bonds. The highest BCUT2D eigenvalue weighted by atomic mass is 127. The van der Waals surface area contributed by atoms with Gasteiger partial charge < -0.3 is 0 Å². The molecule has 0 unspecified atom stereocenters. The number of benzene rings is 1. The maximum absolute atomic E-state index is 13.1. The van der Waals surface area contributed by atoms with E-state index in [-0.39, 0.29) is 5.82 Å². The fraction of sp³-hybridized carbons (Fsp3) is 0.333. The molecule has 12 heavy (non-hydrogen) atoms. The largest absolute Gasteiger partial charge is 0.207 e. The van der Waals surface area contributed by atoms with E-state index in [0.717, 1.165) is 22.0 Å². The molecule has 0 saturated heterocycles. The Balaban J connectivity index is 2.81. The molecule has 66 valence electrons. The van der Waals surface area contributed by atoms with Crippen LogP contribution in [0.1, 0.15) is 12.0 Å². The molecule has 1 rings (SSSR count). The van der Waals surface area contributed by atoms with Gasteiger partial charge >= 0.3 is 0 Å². The first-order chi connectivity index (χ1) is 5.75. The third-order valence-corrected chi connectivity index (χ3v) is 2.90. The third kappa shape index (κ3) is 2.59. The summed E-state index contributed by atoms with van der Waals surface area (Å²) in [6, 6.07) is 5.13. The van der Waals surface area contributed by atoms with Crippen molar-refractivity contribution in [2.75, 3.05) is 5.88 Å². The number of halogens is 3. The van der Waals surface area contributed by atoms with Gasteiger partial charge in [0.15, 0.2) is 0 Å². The maximum Gasteiger partial charge on any atom is 0.127 e. The summed E-state index contributed by atoms with van der Waals surface area (Å²) in [6.07, 6.45) is 1.56. The minimum atomic E-state index is -0.119. The Labute approximate surface area is 90.3 Å². The van der Waals surface area contributed by atoms with Crippen molar-refractivity contribution in [1.82, 2.24) is 0 Å². The Bertz CT molecular complexity index is 242.